The van der Waals surface area contributed by atoms with E-state index in [0.717, 1.165) is 11.3 Å². The number of carbonyl (C=O) groups excluding carboxylic acids is 1. The normalized spacial score (nSPS) is 10.2. The highest BCUT2D eigenvalue weighted by Gasteiger charge is 2.09. The van der Waals surface area contributed by atoms with E-state index < -0.39 is 5.97 Å². The first-order chi connectivity index (χ1) is 9.29. The molecule has 6 heteroatoms. The Bertz CT molecular complexity index is 506. The highest BCUT2D eigenvalue weighted by Crippen LogP contribution is 2.11. The van der Waals surface area contributed by atoms with Crippen LogP contribution in [0.4, 0.5) is 0 Å². The van der Waals surface area contributed by atoms with Crippen LogP contribution in [0.2, 0.25) is 0 Å². The standard InChI is InChI=1S/C13H13NO5/c1-16-11-4-2-10(3-5-11)8-17-9-18-13(15)12-6-7-19-14-12/h2-7H,8-9H2,1H3. The van der Waals surface area contributed by atoms with Crippen LogP contribution in [0.1, 0.15) is 16.1 Å². The molecule has 1 heterocycles. The van der Waals surface area contributed by atoms with Crippen LogP contribution in [0.5, 0.6) is 5.75 Å². The number of hydrogen-bond donors (Lipinski definition) is 0. The molecule has 1 aromatic heterocycles. The summed E-state index contributed by atoms with van der Waals surface area (Å²) >= 11 is 0. The summed E-state index contributed by atoms with van der Waals surface area (Å²) in [6.07, 6.45) is 1.30. The highest BCUT2D eigenvalue weighted by atomic mass is 16.7. The lowest BCUT2D eigenvalue weighted by molar-refractivity contribution is -0.0387. The van der Waals surface area contributed by atoms with Crippen LogP contribution in [0, 0.1) is 0 Å². The van der Waals surface area contributed by atoms with Crippen molar-refractivity contribution in [2.75, 3.05) is 13.9 Å². The van der Waals surface area contributed by atoms with E-state index in [0.29, 0.717) is 6.61 Å². The van der Waals surface area contributed by atoms with E-state index in [-0.39, 0.29) is 12.5 Å². The van der Waals surface area contributed by atoms with Crippen LogP contribution in [-0.2, 0) is 16.1 Å². The zero-order valence-corrected chi connectivity index (χ0v) is 10.4. The highest BCUT2D eigenvalue weighted by molar-refractivity contribution is 5.86. The molecule has 100 valence electrons. The Hall–Kier alpha value is -2.34. The zero-order chi connectivity index (χ0) is 13.5. The van der Waals surface area contributed by atoms with Crippen molar-refractivity contribution in [2.24, 2.45) is 0 Å². The largest absolute Gasteiger partial charge is 0.497 e. The van der Waals surface area contributed by atoms with Gasteiger partial charge >= 0.3 is 5.97 Å². The summed E-state index contributed by atoms with van der Waals surface area (Å²) in [5.41, 5.74) is 1.08. The molecule has 6 nitrogen and oxygen atoms in total. The third kappa shape index (κ3) is 3.82. The minimum Gasteiger partial charge on any atom is -0.497 e. The Morgan fingerprint density at radius 1 is 1.26 bits per heavy atom. The van der Waals surface area contributed by atoms with Gasteiger partial charge in [-0.05, 0) is 17.7 Å². The molecule has 0 saturated carbocycles. The van der Waals surface area contributed by atoms with Crippen LogP contribution in [0.15, 0.2) is 41.1 Å². The first-order valence-electron chi connectivity index (χ1n) is 5.58. The van der Waals surface area contributed by atoms with Gasteiger partial charge in [-0.1, -0.05) is 17.3 Å². The first-order valence-corrected chi connectivity index (χ1v) is 5.58. The van der Waals surface area contributed by atoms with Gasteiger partial charge < -0.3 is 18.7 Å². The van der Waals surface area contributed by atoms with E-state index >= 15 is 0 Å². The molecular weight excluding hydrogens is 250 g/mol. The van der Waals surface area contributed by atoms with Gasteiger partial charge in [0.2, 0.25) is 0 Å². The monoisotopic (exact) mass is 263 g/mol. The van der Waals surface area contributed by atoms with Crippen LogP contribution < -0.4 is 4.74 Å². The molecule has 19 heavy (non-hydrogen) atoms. The van der Waals surface area contributed by atoms with Gasteiger partial charge in [0.25, 0.3) is 0 Å². The van der Waals surface area contributed by atoms with Gasteiger partial charge in [0, 0.05) is 6.07 Å². The van der Waals surface area contributed by atoms with E-state index in [9.17, 15) is 4.79 Å². The maximum absolute atomic E-state index is 11.4. The lowest BCUT2D eigenvalue weighted by atomic mass is 10.2. The molecule has 0 spiro atoms. The van der Waals surface area contributed by atoms with Crippen LogP contribution in [-0.4, -0.2) is 25.0 Å². The lowest BCUT2D eigenvalue weighted by Gasteiger charge is -2.05. The van der Waals surface area contributed by atoms with Crippen molar-refractivity contribution >= 4 is 5.97 Å². The summed E-state index contributed by atoms with van der Waals surface area (Å²) in [5.74, 6) is 0.199. The van der Waals surface area contributed by atoms with Gasteiger partial charge in [-0.15, -0.1) is 0 Å². The fourth-order valence-corrected chi connectivity index (χ4v) is 1.37. The second kappa shape index (κ2) is 6.55. The van der Waals surface area contributed by atoms with E-state index in [4.69, 9.17) is 14.2 Å². The zero-order valence-electron chi connectivity index (χ0n) is 10.4. The molecule has 0 bridgehead atoms. The summed E-state index contributed by atoms with van der Waals surface area (Å²) in [6, 6.07) is 8.84. The molecule has 0 unspecified atom stereocenters. The second-order valence-corrected chi connectivity index (χ2v) is 3.63. The number of hydrogen-bond acceptors (Lipinski definition) is 6. The molecule has 0 aliphatic carbocycles. The lowest BCUT2D eigenvalue weighted by Crippen LogP contribution is -2.09. The minimum atomic E-state index is -0.580. The Morgan fingerprint density at radius 3 is 2.68 bits per heavy atom. The average Bonchev–Trinajstić information content (AvgIpc) is 2.98. The fraction of sp³-hybridized carbons (Fsp3) is 0.231. The maximum Gasteiger partial charge on any atom is 0.362 e. The molecule has 0 radical (unpaired) electrons. The van der Waals surface area contributed by atoms with Crippen molar-refractivity contribution in [3.8, 4) is 5.75 Å². The third-order valence-electron chi connectivity index (χ3n) is 2.35. The molecule has 0 atom stereocenters. The molecule has 0 aliphatic heterocycles. The van der Waals surface area contributed by atoms with Crippen molar-refractivity contribution in [3.63, 3.8) is 0 Å². The summed E-state index contributed by atoms with van der Waals surface area (Å²) in [7, 11) is 1.61. The molecule has 0 saturated heterocycles. The van der Waals surface area contributed by atoms with Gasteiger partial charge in [0.15, 0.2) is 12.5 Å². The SMILES string of the molecule is COc1ccc(COCOC(=O)c2ccon2)cc1. The van der Waals surface area contributed by atoms with Crippen LogP contribution >= 0.6 is 0 Å². The predicted molar refractivity (Wildman–Crippen MR) is 64.6 cm³/mol. The summed E-state index contributed by atoms with van der Waals surface area (Å²) in [6.45, 7) is 0.202. The number of rotatable bonds is 6. The van der Waals surface area contributed by atoms with Gasteiger partial charge in [0.05, 0.1) is 13.7 Å². The van der Waals surface area contributed by atoms with Gasteiger partial charge in [-0.3, -0.25) is 0 Å². The van der Waals surface area contributed by atoms with Crippen molar-refractivity contribution in [1.82, 2.24) is 5.16 Å². The smallest absolute Gasteiger partial charge is 0.362 e. The topological polar surface area (TPSA) is 70.8 Å². The Balaban J connectivity index is 1.70. The summed E-state index contributed by atoms with van der Waals surface area (Å²) < 4.78 is 19.6. The van der Waals surface area contributed by atoms with E-state index in [1.807, 2.05) is 24.3 Å². The third-order valence-corrected chi connectivity index (χ3v) is 2.35. The van der Waals surface area contributed by atoms with Crippen LogP contribution in [0.3, 0.4) is 0 Å². The van der Waals surface area contributed by atoms with E-state index in [2.05, 4.69) is 9.68 Å². The van der Waals surface area contributed by atoms with Crippen molar-refractivity contribution in [1.29, 1.82) is 0 Å². The number of aromatic nitrogens is 1. The van der Waals surface area contributed by atoms with Gasteiger partial charge in [-0.2, -0.15) is 0 Å². The van der Waals surface area contributed by atoms with E-state index in [1.165, 1.54) is 12.3 Å². The fourth-order valence-electron chi connectivity index (χ4n) is 1.37. The molecule has 0 amide bonds. The Kier molecular flexibility index (Phi) is 4.52. The molecular formula is C13H13NO5. The number of carbonyl (C=O) groups is 1. The molecule has 2 aromatic rings. The molecule has 0 fully saturated rings. The number of benzene rings is 1. The average molecular weight is 263 g/mol. The summed E-state index contributed by atoms with van der Waals surface area (Å²) in [5, 5.41) is 3.45. The second-order valence-electron chi connectivity index (χ2n) is 3.63. The maximum atomic E-state index is 11.4. The number of ether oxygens (including phenoxy) is 3. The predicted octanol–water partition coefficient (Wildman–Crippen LogP) is 2.01. The number of esters is 1. The van der Waals surface area contributed by atoms with Gasteiger partial charge in [-0.25, -0.2) is 4.79 Å². The number of nitrogens with zero attached hydrogens (tertiary/aromatic N) is 1. The van der Waals surface area contributed by atoms with Crippen molar-refractivity contribution < 1.29 is 23.5 Å². The first kappa shape index (κ1) is 13.1. The minimum absolute atomic E-state index is 0.119. The number of methoxy groups -OCH3 is 1. The quantitative estimate of drug-likeness (QED) is 0.451. The van der Waals surface area contributed by atoms with Gasteiger partial charge in [0.1, 0.15) is 12.0 Å². The molecule has 0 aliphatic rings. The molecule has 0 N–H and O–H groups in total. The van der Waals surface area contributed by atoms with Crippen molar-refractivity contribution in [3.05, 3.63) is 47.9 Å². The molecule has 2 rings (SSSR count). The summed E-state index contributed by atoms with van der Waals surface area (Å²) in [4.78, 5) is 11.4. The van der Waals surface area contributed by atoms with Crippen molar-refractivity contribution in [2.45, 2.75) is 6.61 Å². The Labute approximate surface area is 109 Å². The molecule has 1 aromatic carbocycles. The van der Waals surface area contributed by atoms with Crippen LogP contribution in [0.25, 0.3) is 0 Å². The Morgan fingerprint density at radius 2 is 2.05 bits per heavy atom. The van der Waals surface area contributed by atoms with E-state index in [1.54, 1.807) is 7.11 Å².